The molecule has 0 saturated heterocycles. The number of aliphatic hydroxyl groups is 1. The van der Waals surface area contributed by atoms with Gasteiger partial charge in [-0.3, -0.25) is 4.79 Å². The van der Waals surface area contributed by atoms with Crippen molar-refractivity contribution < 1.29 is 14.2 Å². The number of nitriles is 1. The van der Waals surface area contributed by atoms with Gasteiger partial charge in [-0.2, -0.15) is 5.26 Å². The Labute approximate surface area is 143 Å². The lowest BCUT2D eigenvalue weighted by Gasteiger charge is -2.27. The summed E-state index contributed by atoms with van der Waals surface area (Å²) in [4.78, 5) is 13.0. The van der Waals surface area contributed by atoms with Gasteiger partial charge in [-0.05, 0) is 13.0 Å². The molecule has 6 nitrogen and oxygen atoms in total. The molecule has 1 atom stereocenters. The Hall–Kier alpha value is -3.11. The van der Waals surface area contributed by atoms with Crippen LogP contribution in [0.4, 0.5) is 4.39 Å². The first-order valence-electron chi connectivity index (χ1n) is 7.66. The van der Waals surface area contributed by atoms with Crippen LogP contribution in [0.2, 0.25) is 0 Å². The lowest BCUT2D eigenvalue weighted by atomic mass is 9.83. The number of nitrogens with zero attached hydrogens (tertiary/aromatic N) is 2. The van der Waals surface area contributed by atoms with Gasteiger partial charge in [-0.1, -0.05) is 18.2 Å². The highest BCUT2D eigenvalue weighted by Crippen LogP contribution is 2.41. The van der Waals surface area contributed by atoms with E-state index in [4.69, 9.17) is 10.5 Å². The SMILES string of the molecule is Cc1cc2c(c(=O)n1CCO)[C@@H](c1ccccc1F)C(C#N)=C(N)O2. The van der Waals surface area contributed by atoms with Crippen molar-refractivity contribution in [3.05, 3.63) is 74.8 Å². The number of allylic oxidation sites excluding steroid dienone is 1. The molecule has 2 heterocycles. The second-order valence-corrected chi connectivity index (χ2v) is 5.69. The highest BCUT2D eigenvalue weighted by molar-refractivity contribution is 5.55. The smallest absolute Gasteiger partial charge is 0.258 e. The third kappa shape index (κ3) is 2.66. The second kappa shape index (κ2) is 6.42. The summed E-state index contributed by atoms with van der Waals surface area (Å²) >= 11 is 0. The van der Waals surface area contributed by atoms with E-state index in [1.54, 1.807) is 19.1 Å². The van der Waals surface area contributed by atoms with E-state index in [0.717, 1.165) is 0 Å². The van der Waals surface area contributed by atoms with Crippen molar-refractivity contribution in [1.82, 2.24) is 4.57 Å². The molecule has 0 aliphatic carbocycles. The number of aryl methyl sites for hydroxylation is 1. The van der Waals surface area contributed by atoms with Gasteiger partial charge in [0.1, 0.15) is 23.2 Å². The fraction of sp³-hybridized carbons (Fsp3) is 0.222. The molecule has 0 bridgehead atoms. The molecule has 0 fully saturated rings. The maximum atomic E-state index is 14.4. The van der Waals surface area contributed by atoms with Crippen LogP contribution < -0.4 is 16.0 Å². The van der Waals surface area contributed by atoms with Crippen LogP contribution in [0.5, 0.6) is 5.75 Å². The molecule has 7 heteroatoms. The first kappa shape index (κ1) is 16.7. The van der Waals surface area contributed by atoms with Crippen molar-refractivity contribution in [3.8, 4) is 11.8 Å². The average Bonchev–Trinajstić information content (AvgIpc) is 2.58. The lowest BCUT2D eigenvalue weighted by molar-refractivity contribution is 0.272. The number of ether oxygens (including phenoxy) is 1. The Morgan fingerprint density at radius 3 is 2.80 bits per heavy atom. The van der Waals surface area contributed by atoms with E-state index in [1.807, 2.05) is 6.07 Å². The van der Waals surface area contributed by atoms with Crippen LogP contribution in [0, 0.1) is 24.1 Å². The molecule has 128 valence electrons. The van der Waals surface area contributed by atoms with Crippen molar-refractivity contribution in [1.29, 1.82) is 5.26 Å². The number of halogens is 1. The molecular formula is C18H16FN3O3. The summed E-state index contributed by atoms with van der Waals surface area (Å²) in [5.74, 6) is -1.47. The molecule has 1 aromatic carbocycles. The molecule has 0 radical (unpaired) electrons. The van der Waals surface area contributed by atoms with Gasteiger partial charge in [-0.25, -0.2) is 4.39 Å². The van der Waals surface area contributed by atoms with E-state index in [2.05, 4.69) is 0 Å². The van der Waals surface area contributed by atoms with Gasteiger partial charge in [-0.15, -0.1) is 0 Å². The number of hydrogen-bond donors (Lipinski definition) is 2. The molecule has 1 aliphatic rings. The summed E-state index contributed by atoms with van der Waals surface area (Å²) in [5.41, 5.74) is 6.25. The molecule has 1 aliphatic heterocycles. The van der Waals surface area contributed by atoms with E-state index >= 15 is 0 Å². The van der Waals surface area contributed by atoms with Gasteiger partial charge in [0.15, 0.2) is 0 Å². The fourth-order valence-electron chi connectivity index (χ4n) is 3.08. The topological polar surface area (TPSA) is 101 Å². The van der Waals surface area contributed by atoms with E-state index in [9.17, 15) is 19.6 Å². The Morgan fingerprint density at radius 2 is 2.16 bits per heavy atom. The highest BCUT2D eigenvalue weighted by Gasteiger charge is 2.35. The number of aliphatic hydroxyl groups excluding tert-OH is 1. The number of pyridine rings is 1. The molecule has 3 N–H and O–H groups in total. The van der Waals surface area contributed by atoms with Crippen LogP contribution in [0.3, 0.4) is 0 Å². The molecule has 0 unspecified atom stereocenters. The predicted octanol–water partition coefficient (Wildman–Crippen LogP) is 1.51. The van der Waals surface area contributed by atoms with E-state index < -0.39 is 17.3 Å². The zero-order valence-corrected chi connectivity index (χ0v) is 13.5. The molecule has 0 spiro atoms. The van der Waals surface area contributed by atoms with Crippen LogP contribution >= 0.6 is 0 Å². The van der Waals surface area contributed by atoms with E-state index in [0.29, 0.717) is 5.69 Å². The Bertz CT molecular complexity index is 973. The Balaban J connectivity index is 2.35. The Morgan fingerprint density at radius 1 is 1.44 bits per heavy atom. The molecule has 0 saturated carbocycles. The van der Waals surface area contributed by atoms with E-state index in [1.165, 1.54) is 22.8 Å². The van der Waals surface area contributed by atoms with Crippen molar-refractivity contribution >= 4 is 0 Å². The third-order valence-electron chi connectivity index (χ3n) is 4.23. The van der Waals surface area contributed by atoms with Crippen molar-refractivity contribution in [3.63, 3.8) is 0 Å². The zero-order valence-electron chi connectivity index (χ0n) is 13.5. The number of hydrogen-bond acceptors (Lipinski definition) is 5. The third-order valence-corrected chi connectivity index (χ3v) is 4.23. The van der Waals surface area contributed by atoms with Crippen molar-refractivity contribution in [2.75, 3.05) is 6.61 Å². The minimum absolute atomic E-state index is 0.0194. The monoisotopic (exact) mass is 341 g/mol. The maximum absolute atomic E-state index is 14.4. The van der Waals surface area contributed by atoms with Gasteiger partial charge in [0.25, 0.3) is 5.56 Å². The van der Waals surface area contributed by atoms with E-state index in [-0.39, 0.29) is 41.5 Å². The predicted molar refractivity (Wildman–Crippen MR) is 88.2 cm³/mol. The molecule has 0 amide bonds. The summed E-state index contributed by atoms with van der Waals surface area (Å²) in [6, 6.07) is 9.45. The molecule has 1 aromatic heterocycles. The van der Waals surface area contributed by atoms with Crippen LogP contribution in [0.15, 0.2) is 46.6 Å². The summed E-state index contributed by atoms with van der Waals surface area (Å²) in [6.07, 6.45) is 0. The second-order valence-electron chi connectivity index (χ2n) is 5.69. The average molecular weight is 341 g/mol. The van der Waals surface area contributed by atoms with Gasteiger partial charge >= 0.3 is 0 Å². The number of rotatable bonds is 3. The first-order chi connectivity index (χ1) is 12.0. The molecular weight excluding hydrogens is 325 g/mol. The van der Waals surface area contributed by atoms with Crippen LogP contribution in [0.25, 0.3) is 0 Å². The van der Waals surface area contributed by atoms with Crippen LogP contribution in [0.1, 0.15) is 22.7 Å². The first-order valence-corrected chi connectivity index (χ1v) is 7.66. The lowest BCUT2D eigenvalue weighted by Crippen LogP contribution is -2.33. The fourth-order valence-corrected chi connectivity index (χ4v) is 3.08. The van der Waals surface area contributed by atoms with Gasteiger partial charge in [0.05, 0.1) is 18.1 Å². The number of aromatic nitrogens is 1. The van der Waals surface area contributed by atoms with Crippen LogP contribution in [-0.4, -0.2) is 16.3 Å². The molecule has 25 heavy (non-hydrogen) atoms. The quantitative estimate of drug-likeness (QED) is 0.881. The summed E-state index contributed by atoms with van der Waals surface area (Å²) < 4.78 is 21.2. The summed E-state index contributed by atoms with van der Waals surface area (Å²) in [5, 5.41) is 18.7. The number of nitrogens with two attached hydrogens (primary N) is 1. The van der Waals surface area contributed by atoms with Crippen molar-refractivity contribution in [2.24, 2.45) is 5.73 Å². The standard InChI is InChI=1S/C18H16FN3O3/c1-10-8-14-16(18(24)22(10)6-7-23)15(12(9-20)17(21)25-14)11-4-2-3-5-13(11)19/h2-5,8,15,23H,6-7,21H2,1H3/t15-/m0/s1. The molecule has 3 rings (SSSR count). The maximum Gasteiger partial charge on any atom is 0.258 e. The summed E-state index contributed by atoms with van der Waals surface area (Å²) in [7, 11) is 0. The number of benzene rings is 1. The largest absolute Gasteiger partial charge is 0.440 e. The van der Waals surface area contributed by atoms with Crippen LogP contribution in [-0.2, 0) is 6.54 Å². The zero-order chi connectivity index (χ0) is 18.1. The normalized spacial score (nSPS) is 16.2. The Kier molecular flexibility index (Phi) is 4.30. The van der Waals surface area contributed by atoms with Crippen molar-refractivity contribution in [2.45, 2.75) is 19.4 Å². The molecule has 2 aromatic rings. The van der Waals surface area contributed by atoms with Gasteiger partial charge < -0.3 is 20.1 Å². The minimum Gasteiger partial charge on any atom is -0.440 e. The minimum atomic E-state index is -0.965. The van der Waals surface area contributed by atoms with Gasteiger partial charge in [0, 0.05) is 23.9 Å². The summed E-state index contributed by atoms with van der Waals surface area (Å²) in [6.45, 7) is 1.55. The highest BCUT2D eigenvalue weighted by atomic mass is 19.1. The van der Waals surface area contributed by atoms with Gasteiger partial charge in [0.2, 0.25) is 5.88 Å². The number of fused-ring (bicyclic) bond motifs is 1.